The van der Waals surface area contributed by atoms with Crippen LogP contribution in [-0.2, 0) is 4.74 Å². The third kappa shape index (κ3) is 4.74. The quantitative estimate of drug-likeness (QED) is 0.509. The van der Waals surface area contributed by atoms with Crippen LogP contribution in [0.3, 0.4) is 0 Å². The summed E-state index contributed by atoms with van der Waals surface area (Å²) in [6, 6.07) is 0. The Balaban J connectivity index is 3.78. The van der Waals surface area contributed by atoms with Gasteiger partial charge in [-0.15, -0.1) is 0 Å². The molecule has 0 aromatic rings. The highest BCUT2D eigenvalue weighted by atomic mass is 19.4. The first-order valence-electron chi connectivity index (χ1n) is 4.23. The molecule has 0 fully saturated rings. The van der Waals surface area contributed by atoms with Gasteiger partial charge in [0, 0.05) is 13.0 Å². The number of halogens is 5. The van der Waals surface area contributed by atoms with Gasteiger partial charge in [-0.2, -0.15) is 22.0 Å². The molecule has 14 heavy (non-hydrogen) atoms. The molecule has 6 heteroatoms. The summed E-state index contributed by atoms with van der Waals surface area (Å²) in [6.07, 6.45) is -7.13. The van der Waals surface area contributed by atoms with Gasteiger partial charge in [-0.25, -0.2) is 0 Å². The van der Waals surface area contributed by atoms with Crippen LogP contribution in [0.2, 0.25) is 0 Å². The molecule has 0 atom stereocenters. The predicted octanol–water partition coefficient (Wildman–Crippen LogP) is 3.39. The fourth-order valence-electron chi connectivity index (χ4n) is 0.755. The van der Waals surface area contributed by atoms with Gasteiger partial charge in [0.25, 0.3) is 0 Å². The van der Waals surface area contributed by atoms with E-state index in [9.17, 15) is 22.0 Å². The Kier molecular flexibility index (Phi) is 4.77. The van der Waals surface area contributed by atoms with Crippen LogP contribution < -0.4 is 0 Å². The fourth-order valence-corrected chi connectivity index (χ4v) is 0.755. The molecule has 0 aromatic carbocycles. The minimum atomic E-state index is -5.45. The number of rotatable bonds is 5. The van der Waals surface area contributed by atoms with E-state index in [2.05, 4.69) is 0 Å². The van der Waals surface area contributed by atoms with Crippen molar-refractivity contribution in [1.29, 1.82) is 0 Å². The second-order valence-corrected chi connectivity index (χ2v) is 3.23. The van der Waals surface area contributed by atoms with Crippen LogP contribution in [0.25, 0.3) is 0 Å². The number of ether oxygens (including phenoxy) is 1. The molecule has 86 valence electrons. The maximum atomic E-state index is 12.3. The van der Waals surface area contributed by atoms with E-state index in [1.807, 2.05) is 0 Å². The van der Waals surface area contributed by atoms with E-state index in [1.165, 1.54) is 0 Å². The van der Waals surface area contributed by atoms with Crippen LogP contribution in [0, 0.1) is 0 Å². The Bertz CT molecular complexity index is 164. The molecule has 0 aliphatic heterocycles. The summed E-state index contributed by atoms with van der Waals surface area (Å²) in [5.74, 6) is -4.60. The Morgan fingerprint density at radius 2 is 1.57 bits per heavy atom. The normalized spacial score (nSPS) is 13.7. The van der Waals surface area contributed by atoms with Crippen molar-refractivity contribution >= 4 is 0 Å². The molecule has 0 bridgehead atoms. The van der Waals surface area contributed by atoms with Gasteiger partial charge in [-0.05, 0) is 20.3 Å². The monoisotopic (exact) mass is 220 g/mol. The smallest absolute Gasteiger partial charge is 0.379 e. The zero-order chi connectivity index (χ0) is 11.4. The summed E-state index contributed by atoms with van der Waals surface area (Å²) >= 11 is 0. The molecule has 0 radical (unpaired) electrons. The molecule has 0 saturated heterocycles. The highest BCUT2D eigenvalue weighted by Crippen LogP contribution is 2.38. The summed E-state index contributed by atoms with van der Waals surface area (Å²) in [4.78, 5) is 0. The van der Waals surface area contributed by atoms with Gasteiger partial charge < -0.3 is 4.74 Å². The molecular weight excluding hydrogens is 207 g/mol. The lowest BCUT2D eigenvalue weighted by atomic mass is 10.2. The van der Waals surface area contributed by atoms with Crippen molar-refractivity contribution in [1.82, 2.24) is 0 Å². The zero-order valence-electron chi connectivity index (χ0n) is 8.00. The highest BCUT2D eigenvalue weighted by molar-refractivity contribution is 4.75. The van der Waals surface area contributed by atoms with Crippen molar-refractivity contribution in [3.8, 4) is 0 Å². The summed E-state index contributed by atoms with van der Waals surface area (Å²) in [6.45, 7) is 3.28. The molecule has 0 N–H and O–H groups in total. The van der Waals surface area contributed by atoms with Gasteiger partial charge in [0.15, 0.2) is 0 Å². The average Bonchev–Trinajstić information content (AvgIpc) is 1.95. The molecular formula is C8H13F5O. The molecule has 0 unspecified atom stereocenters. The topological polar surface area (TPSA) is 9.23 Å². The summed E-state index contributed by atoms with van der Waals surface area (Å²) in [5.41, 5.74) is 0. The van der Waals surface area contributed by atoms with Crippen molar-refractivity contribution in [3.05, 3.63) is 0 Å². The third-order valence-corrected chi connectivity index (χ3v) is 1.50. The van der Waals surface area contributed by atoms with Crippen LogP contribution >= 0.6 is 0 Å². The number of hydrogen-bond donors (Lipinski definition) is 0. The third-order valence-electron chi connectivity index (χ3n) is 1.50. The Labute approximate surface area is 79.2 Å². The van der Waals surface area contributed by atoms with Crippen molar-refractivity contribution in [3.63, 3.8) is 0 Å². The van der Waals surface area contributed by atoms with Gasteiger partial charge in [-0.3, -0.25) is 0 Å². The molecule has 0 saturated carbocycles. The van der Waals surface area contributed by atoms with Crippen molar-refractivity contribution in [2.75, 3.05) is 6.61 Å². The van der Waals surface area contributed by atoms with Crippen molar-refractivity contribution < 1.29 is 26.7 Å². The van der Waals surface area contributed by atoms with E-state index in [-0.39, 0.29) is 19.1 Å². The first kappa shape index (κ1) is 13.6. The largest absolute Gasteiger partial charge is 0.453 e. The summed E-state index contributed by atoms with van der Waals surface area (Å²) < 4.78 is 64.3. The predicted molar refractivity (Wildman–Crippen MR) is 41.3 cm³/mol. The van der Waals surface area contributed by atoms with Gasteiger partial charge in [0.2, 0.25) is 0 Å². The standard InChI is InChI=1S/C8H13F5O/c1-6(2)14-5-3-4-7(9,10)8(11,12)13/h6H,3-5H2,1-2H3. The van der Waals surface area contributed by atoms with Crippen LogP contribution in [-0.4, -0.2) is 24.8 Å². The van der Waals surface area contributed by atoms with Crippen molar-refractivity contribution in [2.45, 2.75) is 44.9 Å². The second kappa shape index (κ2) is 4.91. The SMILES string of the molecule is CC(C)OCCCC(F)(F)C(F)(F)F. The van der Waals surface area contributed by atoms with Gasteiger partial charge >= 0.3 is 12.1 Å². The molecule has 0 aromatic heterocycles. The fraction of sp³-hybridized carbons (Fsp3) is 1.00. The Hall–Kier alpha value is -0.390. The maximum Gasteiger partial charge on any atom is 0.453 e. The lowest BCUT2D eigenvalue weighted by molar-refractivity contribution is -0.285. The van der Waals surface area contributed by atoms with E-state index < -0.39 is 18.5 Å². The second-order valence-electron chi connectivity index (χ2n) is 3.23. The first-order valence-corrected chi connectivity index (χ1v) is 4.23. The van der Waals surface area contributed by atoms with Crippen LogP contribution in [0.15, 0.2) is 0 Å². The van der Waals surface area contributed by atoms with E-state index in [0.29, 0.717) is 0 Å². The van der Waals surface area contributed by atoms with Gasteiger partial charge in [0.05, 0.1) is 6.10 Å². The van der Waals surface area contributed by atoms with Gasteiger partial charge in [0.1, 0.15) is 0 Å². The van der Waals surface area contributed by atoms with E-state index in [1.54, 1.807) is 13.8 Å². The molecule has 0 heterocycles. The molecule has 0 amide bonds. The van der Waals surface area contributed by atoms with E-state index in [0.717, 1.165) is 0 Å². The van der Waals surface area contributed by atoms with Crippen LogP contribution in [0.5, 0.6) is 0 Å². The molecule has 0 aliphatic carbocycles. The minimum Gasteiger partial charge on any atom is -0.379 e. The highest BCUT2D eigenvalue weighted by Gasteiger charge is 2.56. The molecule has 0 rings (SSSR count). The molecule has 1 nitrogen and oxygen atoms in total. The Morgan fingerprint density at radius 3 is 1.93 bits per heavy atom. The van der Waals surface area contributed by atoms with Gasteiger partial charge in [-0.1, -0.05) is 0 Å². The summed E-state index contributed by atoms with van der Waals surface area (Å²) in [5, 5.41) is 0. The zero-order valence-corrected chi connectivity index (χ0v) is 8.00. The number of hydrogen-bond acceptors (Lipinski definition) is 1. The molecule has 0 spiro atoms. The molecule has 0 aliphatic rings. The summed E-state index contributed by atoms with van der Waals surface area (Å²) in [7, 11) is 0. The number of alkyl halides is 5. The van der Waals surface area contributed by atoms with E-state index in [4.69, 9.17) is 4.74 Å². The Morgan fingerprint density at radius 1 is 1.07 bits per heavy atom. The van der Waals surface area contributed by atoms with Crippen LogP contribution in [0.1, 0.15) is 26.7 Å². The minimum absolute atomic E-state index is 0.0800. The van der Waals surface area contributed by atoms with E-state index >= 15 is 0 Å². The lowest BCUT2D eigenvalue weighted by Gasteiger charge is -2.19. The maximum absolute atomic E-state index is 12.3. The van der Waals surface area contributed by atoms with Crippen LogP contribution in [0.4, 0.5) is 22.0 Å². The lowest BCUT2D eigenvalue weighted by Crippen LogP contribution is -2.36. The van der Waals surface area contributed by atoms with Crippen molar-refractivity contribution in [2.24, 2.45) is 0 Å². The first-order chi connectivity index (χ1) is 6.17. The average molecular weight is 220 g/mol.